The standard InChI is InChI=1S/C12H15NO/c1-3-13-11-6-4-9(2)8-10(11)5-7-12(13)14/h4-8,12,14H,3H2,1-2H3. The number of hydrogen-bond acceptors (Lipinski definition) is 2. The van der Waals surface area contributed by atoms with Gasteiger partial charge in [-0.05, 0) is 37.6 Å². The fraction of sp³-hybridized carbons (Fsp3) is 0.333. The minimum atomic E-state index is -0.477. The molecule has 1 unspecified atom stereocenters. The van der Waals surface area contributed by atoms with Gasteiger partial charge in [0.2, 0.25) is 0 Å². The fourth-order valence-corrected chi connectivity index (χ4v) is 1.86. The van der Waals surface area contributed by atoms with Crippen molar-refractivity contribution in [2.24, 2.45) is 0 Å². The number of aliphatic hydroxyl groups excluding tert-OH is 1. The Balaban J connectivity index is 2.49. The summed E-state index contributed by atoms with van der Waals surface area (Å²) in [5, 5.41) is 9.72. The average Bonchev–Trinajstić information content (AvgIpc) is 2.18. The summed E-state index contributed by atoms with van der Waals surface area (Å²) in [5.41, 5.74) is 3.56. The lowest BCUT2D eigenvalue weighted by molar-refractivity contribution is 0.217. The number of likely N-dealkylation sites (N-methyl/N-ethyl adjacent to an activating group) is 1. The van der Waals surface area contributed by atoms with Crippen molar-refractivity contribution in [2.45, 2.75) is 20.1 Å². The second-order valence-corrected chi connectivity index (χ2v) is 3.62. The third-order valence-electron chi connectivity index (χ3n) is 2.60. The van der Waals surface area contributed by atoms with E-state index in [0.717, 1.165) is 12.2 Å². The van der Waals surface area contributed by atoms with Gasteiger partial charge in [-0.25, -0.2) is 0 Å². The van der Waals surface area contributed by atoms with Gasteiger partial charge in [0.15, 0.2) is 0 Å². The number of benzene rings is 1. The van der Waals surface area contributed by atoms with Crippen molar-refractivity contribution in [1.29, 1.82) is 0 Å². The molecule has 14 heavy (non-hydrogen) atoms. The third-order valence-corrected chi connectivity index (χ3v) is 2.60. The van der Waals surface area contributed by atoms with E-state index in [1.165, 1.54) is 11.1 Å². The van der Waals surface area contributed by atoms with Crippen LogP contribution in [0.25, 0.3) is 6.08 Å². The van der Waals surface area contributed by atoms with E-state index in [4.69, 9.17) is 0 Å². The first-order valence-electron chi connectivity index (χ1n) is 4.96. The van der Waals surface area contributed by atoms with Gasteiger partial charge < -0.3 is 10.0 Å². The first kappa shape index (κ1) is 9.28. The third kappa shape index (κ3) is 1.42. The van der Waals surface area contributed by atoms with Crippen molar-refractivity contribution >= 4 is 11.8 Å². The van der Waals surface area contributed by atoms with Gasteiger partial charge in [-0.2, -0.15) is 0 Å². The summed E-state index contributed by atoms with van der Waals surface area (Å²) < 4.78 is 0. The maximum atomic E-state index is 9.72. The minimum Gasteiger partial charge on any atom is -0.370 e. The number of aliphatic hydroxyl groups is 1. The van der Waals surface area contributed by atoms with Crippen LogP contribution in [0.15, 0.2) is 24.3 Å². The van der Waals surface area contributed by atoms with Crippen LogP contribution in [-0.4, -0.2) is 17.9 Å². The quantitative estimate of drug-likeness (QED) is 0.731. The zero-order chi connectivity index (χ0) is 10.1. The maximum absolute atomic E-state index is 9.72. The Morgan fingerprint density at radius 1 is 1.43 bits per heavy atom. The maximum Gasteiger partial charge on any atom is 0.146 e. The van der Waals surface area contributed by atoms with Crippen LogP contribution in [-0.2, 0) is 0 Å². The minimum absolute atomic E-state index is 0.477. The molecule has 0 saturated heterocycles. The van der Waals surface area contributed by atoms with E-state index in [9.17, 15) is 5.11 Å². The Morgan fingerprint density at radius 3 is 2.93 bits per heavy atom. The van der Waals surface area contributed by atoms with Crippen LogP contribution in [0.3, 0.4) is 0 Å². The van der Waals surface area contributed by atoms with Crippen LogP contribution < -0.4 is 4.90 Å². The first-order valence-corrected chi connectivity index (χ1v) is 4.96. The molecule has 2 heteroatoms. The fourth-order valence-electron chi connectivity index (χ4n) is 1.86. The van der Waals surface area contributed by atoms with E-state index in [1.807, 2.05) is 24.0 Å². The van der Waals surface area contributed by atoms with Crippen molar-refractivity contribution in [3.8, 4) is 0 Å². The average molecular weight is 189 g/mol. The molecule has 1 aromatic carbocycles. The van der Waals surface area contributed by atoms with Crippen LogP contribution in [0, 0.1) is 6.92 Å². The molecule has 1 aromatic rings. The van der Waals surface area contributed by atoms with Crippen LogP contribution in [0.5, 0.6) is 0 Å². The summed E-state index contributed by atoms with van der Waals surface area (Å²) in [7, 11) is 0. The Bertz CT molecular complexity index is 371. The van der Waals surface area contributed by atoms with Crippen molar-refractivity contribution in [3.05, 3.63) is 35.4 Å². The molecule has 2 rings (SSSR count). The molecular formula is C12H15NO. The molecule has 0 aliphatic carbocycles. The van der Waals surface area contributed by atoms with Gasteiger partial charge in [0.1, 0.15) is 6.23 Å². The molecule has 1 aliphatic heterocycles. The molecule has 1 heterocycles. The Labute approximate surface area is 84.5 Å². The van der Waals surface area contributed by atoms with Gasteiger partial charge in [0, 0.05) is 12.2 Å². The molecule has 0 aromatic heterocycles. The molecule has 0 bridgehead atoms. The van der Waals surface area contributed by atoms with Crippen molar-refractivity contribution in [1.82, 2.24) is 0 Å². The van der Waals surface area contributed by atoms with Crippen molar-refractivity contribution < 1.29 is 5.11 Å². The number of fused-ring (bicyclic) bond motifs is 1. The Kier molecular flexibility index (Phi) is 2.30. The van der Waals surface area contributed by atoms with Crippen molar-refractivity contribution in [2.75, 3.05) is 11.4 Å². The lowest BCUT2D eigenvalue weighted by Gasteiger charge is -2.31. The van der Waals surface area contributed by atoms with Crippen LogP contribution in [0.2, 0.25) is 0 Å². The highest BCUT2D eigenvalue weighted by Gasteiger charge is 2.18. The Hall–Kier alpha value is -1.28. The summed E-state index contributed by atoms with van der Waals surface area (Å²) in [6.45, 7) is 4.95. The zero-order valence-electron chi connectivity index (χ0n) is 8.57. The van der Waals surface area contributed by atoms with Gasteiger partial charge in [0.05, 0.1) is 0 Å². The van der Waals surface area contributed by atoms with E-state index in [1.54, 1.807) is 0 Å². The summed E-state index contributed by atoms with van der Waals surface area (Å²) in [6, 6.07) is 6.29. The highest BCUT2D eigenvalue weighted by molar-refractivity contribution is 5.72. The molecule has 74 valence electrons. The normalized spacial score (nSPS) is 19.6. The number of nitrogens with zero attached hydrogens (tertiary/aromatic N) is 1. The topological polar surface area (TPSA) is 23.5 Å². The molecule has 0 fully saturated rings. The van der Waals surface area contributed by atoms with Crippen molar-refractivity contribution in [3.63, 3.8) is 0 Å². The Morgan fingerprint density at radius 2 is 2.21 bits per heavy atom. The molecule has 0 spiro atoms. The SMILES string of the molecule is CCN1c2ccc(C)cc2C=CC1O. The van der Waals surface area contributed by atoms with E-state index >= 15 is 0 Å². The monoisotopic (exact) mass is 189 g/mol. The second-order valence-electron chi connectivity index (χ2n) is 3.62. The van der Waals surface area contributed by atoms with Gasteiger partial charge in [-0.15, -0.1) is 0 Å². The number of rotatable bonds is 1. The summed E-state index contributed by atoms with van der Waals surface area (Å²) in [4.78, 5) is 1.98. The number of anilines is 1. The first-order chi connectivity index (χ1) is 6.72. The number of aryl methyl sites for hydroxylation is 1. The smallest absolute Gasteiger partial charge is 0.146 e. The number of hydrogen-bond donors (Lipinski definition) is 1. The second kappa shape index (κ2) is 3.46. The van der Waals surface area contributed by atoms with Gasteiger partial charge >= 0.3 is 0 Å². The lowest BCUT2D eigenvalue weighted by atomic mass is 10.0. The highest BCUT2D eigenvalue weighted by Crippen LogP contribution is 2.28. The molecule has 0 amide bonds. The molecule has 0 saturated carbocycles. The van der Waals surface area contributed by atoms with Gasteiger partial charge in [-0.3, -0.25) is 0 Å². The van der Waals surface area contributed by atoms with Crippen LogP contribution in [0.4, 0.5) is 5.69 Å². The van der Waals surface area contributed by atoms with Gasteiger partial charge in [0.25, 0.3) is 0 Å². The highest BCUT2D eigenvalue weighted by atomic mass is 16.3. The van der Waals surface area contributed by atoms with E-state index in [-0.39, 0.29) is 0 Å². The molecule has 0 radical (unpaired) electrons. The molecule has 1 N–H and O–H groups in total. The van der Waals surface area contributed by atoms with E-state index in [0.29, 0.717) is 0 Å². The van der Waals surface area contributed by atoms with E-state index < -0.39 is 6.23 Å². The zero-order valence-corrected chi connectivity index (χ0v) is 8.57. The largest absolute Gasteiger partial charge is 0.370 e. The molecule has 1 atom stereocenters. The summed E-state index contributed by atoms with van der Waals surface area (Å²) in [6.07, 6.45) is 3.33. The lowest BCUT2D eigenvalue weighted by Crippen LogP contribution is -2.35. The van der Waals surface area contributed by atoms with E-state index in [2.05, 4.69) is 25.1 Å². The van der Waals surface area contributed by atoms with Crippen LogP contribution in [0.1, 0.15) is 18.1 Å². The van der Waals surface area contributed by atoms with Gasteiger partial charge in [-0.1, -0.05) is 17.7 Å². The molecular weight excluding hydrogens is 174 g/mol. The molecule has 2 nitrogen and oxygen atoms in total. The predicted molar refractivity (Wildman–Crippen MR) is 59.2 cm³/mol. The molecule has 1 aliphatic rings. The predicted octanol–water partition coefficient (Wildman–Crippen LogP) is 2.17. The summed E-state index contributed by atoms with van der Waals surface area (Å²) >= 11 is 0. The summed E-state index contributed by atoms with van der Waals surface area (Å²) in [5.74, 6) is 0. The van der Waals surface area contributed by atoms with Crippen LogP contribution >= 0.6 is 0 Å².